The van der Waals surface area contributed by atoms with E-state index in [4.69, 9.17) is 0 Å². The van der Waals surface area contributed by atoms with Crippen LogP contribution < -0.4 is 14.8 Å². The predicted octanol–water partition coefficient (Wildman–Crippen LogP) is 2.69. The molecular weight excluding hydrogens is 374 g/mol. The third-order valence-electron chi connectivity index (χ3n) is 2.97. The van der Waals surface area contributed by atoms with Crippen LogP contribution in [0.2, 0.25) is 0 Å². The minimum absolute atomic E-state index is 0.125. The van der Waals surface area contributed by atoms with E-state index in [0.717, 1.165) is 11.1 Å². The van der Waals surface area contributed by atoms with Gasteiger partial charge in [-0.2, -0.15) is 8.78 Å². The molecule has 0 saturated heterocycles. The third-order valence-corrected chi connectivity index (χ3v) is 4.84. The van der Waals surface area contributed by atoms with Gasteiger partial charge in [-0.1, -0.05) is 12.1 Å². The lowest BCUT2D eigenvalue weighted by Crippen LogP contribution is -2.24. The molecule has 0 atom stereocenters. The lowest BCUT2D eigenvalue weighted by atomic mass is 10.3. The average molecular weight is 390 g/mol. The van der Waals surface area contributed by atoms with Gasteiger partial charge in [0.25, 0.3) is 5.91 Å². The van der Waals surface area contributed by atoms with Crippen molar-refractivity contribution >= 4 is 33.0 Å². The topological polar surface area (TPSA) is 84.5 Å². The lowest BCUT2D eigenvalue weighted by molar-refractivity contribution is -0.0493. The second kappa shape index (κ2) is 8.37. The van der Waals surface area contributed by atoms with E-state index in [1.165, 1.54) is 29.5 Å². The summed E-state index contributed by atoms with van der Waals surface area (Å²) in [6.45, 7) is -2.76. The van der Waals surface area contributed by atoms with Crippen LogP contribution in [0.5, 0.6) is 5.75 Å². The van der Waals surface area contributed by atoms with E-state index in [9.17, 15) is 22.0 Å². The Kier molecular flexibility index (Phi) is 6.45. The Balaban J connectivity index is 2.00. The highest BCUT2D eigenvalue weighted by Crippen LogP contribution is 2.27. The number of carbonyl (C=O) groups excluding carboxylic acids is 1. The number of thiophene rings is 1. The van der Waals surface area contributed by atoms with E-state index < -0.39 is 22.5 Å². The normalized spacial score (nSPS) is 11.5. The average Bonchev–Trinajstić information content (AvgIpc) is 2.96. The van der Waals surface area contributed by atoms with Crippen molar-refractivity contribution in [3.63, 3.8) is 0 Å². The third kappa shape index (κ3) is 6.40. The molecule has 6 nitrogen and oxygen atoms in total. The number of rotatable bonds is 8. The minimum Gasteiger partial charge on any atom is -0.433 e. The summed E-state index contributed by atoms with van der Waals surface area (Å²) in [6.07, 6.45) is 1.51. The van der Waals surface area contributed by atoms with Gasteiger partial charge < -0.3 is 10.1 Å². The molecule has 0 unspecified atom stereocenters. The first-order valence-electron chi connectivity index (χ1n) is 7.13. The Bertz CT molecular complexity index is 838. The van der Waals surface area contributed by atoms with Crippen LogP contribution in [0.1, 0.15) is 14.5 Å². The van der Waals surface area contributed by atoms with Crippen molar-refractivity contribution in [3.8, 4) is 5.75 Å². The molecule has 0 fully saturated rings. The van der Waals surface area contributed by atoms with Crippen molar-refractivity contribution in [3.05, 3.63) is 46.2 Å². The molecule has 0 aliphatic rings. The molecule has 2 rings (SSSR count). The van der Waals surface area contributed by atoms with Gasteiger partial charge in [0.2, 0.25) is 10.0 Å². The van der Waals surface area contributed by atoms with Gasteiger partial charge >= 0.3 is 6.61 Å². The van der Waals surface area contributed by atoms with Crippen LogP contribution in [0.4, 0.5) is 14.5 Å². The Hall–Kier alpha value is -2.04. The number of alkyl halides is 2. The molecule has 0 spiro atoms. The van der Waals surface area contributed by atoms with Gasteiger partial charge in [0.1, 0.15) is 5.75 Å². The number of hydrogen-bond donors (Lipinski definition) is 2. The van der Waals surface area contributed by atoms with Crippen LogP contribution >= 0.6 is 11.3 Å². The van der Waals surface area contributed by atoms with E-state index in [0.29, 0.717) is 11.3 Å². The van der Waals surface area contributed by atoms with E-state index in [2.05, 4.69) is 14.8 Å². The maximum absolute atomic E-state index is 12.4. The van der Waals surface area contributed by atoms with Crippen LogP contribution in [-0.4, -0.2) is 33.7 Å². The van der Waals surface area contributed by atoms with Crippen LogP contribution in [0.25, 0.3) is 0 Å². The summed E-state index contributed by atoms with van der Waals surface area (Å²) in [5, 5.41) is 2.53. The summed E-state index contributed by atoms with van der Waals surface area (Å²) in [6, 6.07) is 9.20. The predicted molar refractivity (Wildman–Crippen MR) is 91.9 cm³/mol. The quantitative estimate of drug-likeness (QED) is 0.726. The SMILES string of the molecule is CS(=O)(=O)NCCc1ccc(C(=O)Nc2ccccc2OC(F)F)s1. The highest BCUT2D eigenvalue weighted by atomic mass is 32.2. The summed E-state index contributed by atoms with van der Waals surface area (Å²) in [4.78, 5) is 13.4. The Morgan fingerprint density at radius 3 is 2.64 bits per heavy atom. The van der Waals surface area contributed by atoms with Gasteiger partial charge in [0.15, 0.2) is 0 Å². The van der Waals surface area contributed by atoms with E-state index in [1.807, 2.05) is 0 Å². The van der Waals surface area contributed by atoms with Crippen LogP contribution in [0.3, 0.4) is 0 Å². The molecule has 0 radical (unpaired) electrons. The second-order valence-electron chi connectivity index (χ2n) is 5.01. The maximum atomic E-state index is 12.4. The van der Waals surface area contributed by atoms with Crippen molar-refractivity contribution in [2.45, 2.75) is 13.0 Å². The number of benzene rings is 1. The second-order valence-corrected chi connectivity index (χ2v) is 8.01. The number of para-hydroxylation sites is 2. The van der Waals surface area contributed by atoms with Gasteiger partial charge in [-0.25, -0.2) is 13.1 Å². The van der Waals surface area contributed by atoms with Gasteiger partial charge in [0, 0.05) is 11.4 Å². The number of nitrogens with one attached hydrogen (secondary N) is 2. The van der Waals surface area contributed by atoms with Crippen LogP contribution in [0.15, 0.2) is 36.4 Å². The first kappa shape index (κ1) is 19.3. The van der Waals surface area contributed by atoms with E-state index in [-0.39, 0.29) is 18.0 Å². The summed E-state index contributed by atoms with van der Waals surface area (Å²) >= 11 is 1.19. The zero-order valence-corrected chi connectivity index (χ0v) is 14.8. The smallest absolute Gasteiger partial charge is 0.387 e. The van der Waals surface area contributed by atoms with Crippen molar-refractivity contribution in [2.24, 2.45) is 0 Å². The van der Waals surface area contributed by atoms with Crippen molar-refractivity contribution < 1.29 is 26.7 Å². The van der Waals surface area contributed by atoms with Crippen molar-refractivity contribution in [2.75, 3.05) is 18.1 Å². The number of halogens is 2. The van der Waals surface area contributed by atoms with Gasteiger partial charge in [0.05, 0.1) is 16.8 Å². The van der Waals surface area contributed by atoms with Crippen LogP contribution in [-0.2, 0) is 16.4 Å². The van der Waals surface area contributed by atoms with Crippen LogP contribution in [0, 0.1) is 0 Å². The zero-order valence-electron chi connectivity index (χ0n) is 13.2. The summed E-state index contributed by atoms with van der Waals surface area (Å²) < 4.78 is 53.5. The molecule has 1 aromatic heterocycles. The fourth-order valence-electron chi connectivity index (χ4n) is 1.95. The standard InChI is InChI=1S/C15H16F2N2O4S2/c1-25(21,22)18-9-8-10-6-7-13(24-10)14(20)19-11-4-2-3-5-12(11)23-15(16)17/h2-7,15,18H,8-9H2,1H3,(H,19,20). The molecule has 1 heterocycles. The van der Waals surface area contributed by atoms with Gasteiger partial charge in [-0.3, -0.25) is 4.79 Å². The number of ether oxygens (including phenoxy) is 1. The maximum Gasteiger partial charge on any atom is 0.387 e. The molecule has 10 heteroatoms. The fourth-order valence-corrected chi connectivity index (χ4v) is 3.32. The Morgan fingerprint density at radius 1 is 1.24 bits per heavy atom. The van der Waals surface area contributed by atoms with Crippen molar-refractivity contribution in [1.29, 1.82) is 0 Å². The summed E-state index contributed by atoms with van der Waals surface area (Å²) in [5.41, 5.74) is 0.140. The highest BCUT2D eigenvalue weighted by Gasteiger charge is 2.14. The summed E-state index contributed by atoms with van der Waals surface area (Å²) in [7, 11) is -3.26. The molecule has 25 heavy (non-hydrogen) atoms. The van der Waals surface area contributed by atoms with E-state index >= 15 is 0 Å². The Morgan fingerprint density at radius 2 is 1.96 bits per heavy atom. The molecule has 0 aliphatic heterocycles. The number of hydrogen-bond acceptors (Lipinski definition) is 5. The van der Waals surface area contributed by atoms with E-state index in [1.54, 1.807) is 18.2 Å². The van der Waals surface area contributed by atoms with Gasteiger partial charge in [-0.05, 0) is 30.7 Å². The Labute approximate surface area is 147 Å². The largest absolute Gasteiger partial charge is 0.433 e. The molecule has 1 amide bonds. The number of carbonyl (C=O) groups is 1. The molecule has 136 valence electrons. The van der Waals surface area contributed by atoms with Crippen molar-refractivity contribution in [1.82, 2.24) is 4.72 Å². The molecule has 0 aliphatic carbocycles. The van der Waals surface area contributed by atoms with Gasteiger partial charge in [-0.15, -0.1) is 11.3 Å². The molecule has 0 saturated carbocycles. The first-order valence-corrected chi connectivity index (χ1v) is 9.84. The molecule has 1 aromatic carbocycles. The molecule has 2 aromatic rings. The number of anilines is 1. The minimum atomic E-state index is -3.26. The highest BCUT2D eigenvalue weighted by molar-refractivity contribution is 7.88. The fraction of sp³-hybridized carbons (Fsp3) is 0.267. The monoisotopic (exact) mass is 390 g/mol. The zero-order chi connectivity index (χ0) is 18.4. The lowest BCUT2D eigenvalue weighted by Gasteiger charge is -2.10. The number of sulfonamides is 1. The molecule has 2 N–H and O–H groups in total. The first-order chi connectivity index (χ1) is 11.7. The number of amides is 1. The molecular formula is C15H16F2N2O4S2. The molecule has 0 bridgehead atoms. The summed E-state index contributed by atoms with van der Waals surface area (Å²) in [5.74, 6) is -0.586.